The van der Waals surface area contributed by atoms with E-state index in [1.54, 1.807) is 50.1 Å². The van der Waals surface area contributed by atoms with Crippen LogP contribution in [0.5, 0.6) is 5.75 Å². The van der Waals surface area contributed by atoms with E-state index < -0.39 is 6.04 Å². The molecule has 0 unspecified atom stereocenters. The third-order valence-electron chi connectivity index (χ3n) is 5.74. The lowest BCUT2D eigenvalue weighted by atomic mass is 10.0. The molecule has 0 aliphatic carbocycles. The van der Waals surface area contributed by atoms with Gasteiger partial charge in [-0.15, -0.1) is 0 Å². The summed E-state index contributed by atoms with van der Waals surface area (Å²) < 4.78 is 7.24. The van der Waals surface area contributed by atoms with Crippen molar-refractivity contribution in [3.05, 3.63) is 70.6 Å². The molecule has 196 valence electrons. The van der Waals surface area contributed by atoms with E-state index in [-0.39, 0.29) is 24.1 Å². The number of ether oxygens (including phenoxy) is 1. The number of hydrogen-bond acceptors (Lipinski definition) is 5. The van der Waals surface area contributed by atoms with Crippen LogP contribution in [0, 0.1) is 0 Å². The van der Waals surface area contributed by atoms with E-state index in [1.165, 1.54) is 0 Å². The maximum Gasteiger partial charge on any atom is 0.287 e. The summed E-state index contributed by atoms with van der Waals surface area (Å²) in [6, 6.07) is 12.1. The predicted molar refractivity (Wildman–Crippen MR) is 143 cm³/mol. The highest BCUT2D eigenvalue weighted by atomic mass is 35.5. The lowest BCUT2D eigenvalue weighted by Gasteiger charge is -2.19. The molecule has 0 fully saturated rings. The number of carbonyl (C=O) groups is 3. The first kappa shape index (κ1) is 27.7. The molecule has 3 N–H and O–H groups in total. The molecular formula is C27H32ClN5O4. The monoisotopic (exact) mass is 525 g/mol. The van der Waals surface area contributed by atoms with Gasteiger partial charge in [-0.05, 0) is 36.6 Å². The molecule has 0 saturated carbocycles. The van der Waals surface area contributed by atoms with Crippen molar-refractivity contribution in [2.24, 2.45) is 7.05 Å². The van der Waals surface area contributed by atoms with Gasteiger partial charge < -0.3 is 25.3 Å². The standard InChI is InChI=1S/C27H32ClN5O4/c1-5-12-37-23-11-10-19(14-21(23)28)26(35)31-20(15-24(34)29-2)13-17-6-8-18(9-7-17)22-16-33(4)25(32-22)27(36)30-3/h6-11,14,16,20H,5,12-13,15H2,1-4H3,(H,29,34)(H,30,36)(H,31,35)/t20-/m0/s1. The van der Waals surface area contributed by atoms with Crippen LogP contribution in [0.1, 0.15) is 46.3 Å². The molecular weight excluding hydrogens is 494 g/mol. The number of rotatable bonds is 11. The maximum atomic E-state index is 13.0. The van der Waals surface area contributed by atoms with Crippen LogP contribution in [0.2, 0.25) is 5.02 Å². The number of carbonyl (C=O) groups excluding carboxylic acids is 3. The molecule has 9 nitrogen and oxygen atoms in total. The van der Waals surface area contributed by atoms with Gasteiger partial charge >= 0.3 is 0 Å². The summed E-state index contributed by atoms with van der Waals surface area (Å²) in [5.74, 6) is 0.0724. The van der Waals surface area contributed by atoms with Crippen molar-refractivity contribution in [2.75, 3.05) is 20.7 Å². The first-order valence-corrected chi connectivity index (χ1v) is 12.4. The SMILES string of the molecule is CCCOc1ccc(C(=O)N[C@H](CC(=O)NC)Cc2ccc(-c3cn(C)c(C(=O)NC)n3)cc2)cc1Cl. The normalized spacial score (nSPS) is 11.5. The molecule has 0 bridgehead atoms. The van der Waals surface area contributed by atoms with Gasteiger partial charge in [0.2, 0.25) is 5.91 Å². The molecule has 2 aromatic carbocycles. The highest BCUT2D eigenvalue weighted by Gasteiger charge is 2.19. The van der Waals surface area contributed by atoms with Crippen LogP contribution >= 0.6 is 11.6 Å². The van der Waals surface area contributed by atoms with Gasteiger partial charge in [-0.1, -0.05) is 42.8 Å². The van der Waals surface area contributed by atoms with Crippen LogP contribution in [0.4, 0.5) is 0 Å². The zero-order valence-electron chi connectivity index (χ0n) is 21.4. The molecule has 1 atom stereocenters. The smallest absolute Gasteiger partial charge is 0.287 e. The van der Waals surface area contributed by atoms with Crippen molar-refractivity contribution in [1.29, 1.82) is 0 Å². The largest absolute Gasteiger partial charge is 0.492 e. The highest BCUT2D eigenvalue weighted by molar-refractivity contribution is 6.32. The predicted octanol–water partition coefficient (Wildman–Crippen LogP) is 3.37. The third kappa shape index (κ3) is 7.33. The second-order valence-electron chi connectivity index (χ2n) is 8.58. The van der Waals surface area contributed by atoms with E-state index in [2.05, 4.69) is 20.9 Å². The number of aromatic nitrogens is 2. The Balaban J connectivity index is 1.73. The number of nitrogens with one attached hydrogen (secondary N) is 3. The fraction of sp³-hybridized carbons (Fsp3) is 0.333. The van der Waals surface area contributed by atoms with Crippen LogP contribution in [0.15, 0.2) is 48.7 Å². The number of nitrogens with zero attached hydrogens (tertiary/aromatic N) is 2. The van der Waals surface area contributed by atoms with E-state index in [4.69, 9.17) is 16.3 Å². The quantitative estimate of drug-likeness (QED) is 0.355. The average molecular weight is 526 g/mol. The Morgan fingerprint density at radius 2 is 1.78 bits per heavy atom. The zero-order chi connectivity index (χ0) is 26.9. The number of hydrogen-bond donors (Lipinski definition) is 3. The van der Waals surface area contributed by atoms with Gasteiger partial charge in [0.15, 0.2) is 5.82 Å². The Hall–Kier alpha value is -3.85. The number of amides is 3. The Kier molecular flexibility index (Phi) is 9.68. The number of aryl methyl sites for hydroxylation is 1. The van der Waals surface area contributed by atoms with Gasteiger partial charge in [-0.3, -0.25) is 14.4 Å². The Morgan fingerprint density at radius 1 is 1.05 bits per heavy atom. The van der Waals surface area contributed by atoms with E-state index in [0.29, 0.717) is 40.9 Å². The fourth-order valence-electron chi connectivity index (χ4n) is 3.76. The maximum absolute atomic E-state index is 13.0. The molecule has 3 rings (SSSR count). The number of benzene rings is 2. The fourth-order valence-corrected chi connectivity index (χ4v) is 4.00. The van der Waals surface area contributed by atoms with E-state index in [1.807, 2.05) is 31.2 Å². The van der Waals surface area contributed by atoms with Crippen molar-refractivity contribution in [3.8, 4) is 17.0 Å². The molecule has 0 aliphatic heterocycles. The molecule has 37 heavy (non-hydrogen) atoms. The number of imidazole rings is 1. The Labute approximate surface area is 221 Å². The molecule has 3 amide bonds. The van der Waals surface area contributed by atoms with Crippen molar-refractivity contribution in [1.82, 2.24) is 25.5 Å². The minimum atomic E-state index is -0.442. The van der Waals surface area contributed by atoms with Crippen LogP contribution < -0.4 is 20.7 Å². The van der Waals surface area contributed by atoms with Crippen LogP contribution in [0.3, 0.4) is 0 Å². The second-order valence-corrected chi connectivity index (χ2v) is 8.99. The summed E-state index contributed by atoms with van der Waals surface area (Å²) in [6.45, 7) is 2.53. The minimum absolute atomic E-state index is 0.116. The molecule has 0 radical (unpaired) electrons. The average Bonchev–Trinajstić information content (AvgIpc) is 3.29. The van der Waals surface area contributed by atoms with Gasteiger partial charge in [0.05, 0.1) is 17.3 Å². The molecule has 1 aromatic heterocycles. The summed E-state index contributed by atoms with van der Waals surface area (Å²) >= 11 is 6.29. The van der Waals surface area contributed by atoms with Crippen molar-refractivity contribution >= 4 is 29.3 Å². The molecule has 10 heteroatoms. The summed E-state index contributed by atoms with van der Waals surface area (Å²) in [5, 5.41) is 8.50. The van der Waals surface area contributed by atoms with Gasteiger partial charge in [0.1, 0.15) is 5.75 Å². The number of halogens is 1. The molecule has 0 spiro atoms. The van der Waals surface area contributed by atoms with Gasteiger partial charge in [-0.2, -0.15) is 0 Å². The zero-order valence-corrected chi connectivity index (χ0v) is 22.2. The molecule has 0 saturated heterocycles. The molecule has 3 aromatic rings. The summed E-state index contributed by atoms with van der Waals surface area (Å²) in [6.07, 6.45) is 3.19. The Morgan fingerprint density at radius 3 is 2.41 bits per heavy atom. The van der Waals surface area contributed by atoms with E-state index in [9.17, 15) is 14.4 Å². The molecule has 1 heterocycles. The second kappa shape index (κ2) is 12.9. The molecule has 0 aliphatic rings. The van der Waals surface area contributed by atoms with Crippen LogP contribution in [0.25, 0.3) is 11.3 Å². The van der Waals surface area contributed by atoms with Crippen LogP contribution in [-0.4, -0.2) is 54.0 Å². The lowest BCUT2D eigenvalue weighted by Crippen LogP contribution is -2.40. The van der Waals surface area contributed by atoms with Gasteiger partial charge in [-0.25, -0.2) is 4.98 Å². The first-order valence-electron chi connectivity index (χ1n) is 12.0. The van der Waals surface area contributed by atoms with Crippen molar-refractivity contribution in [2.45, 2.75) is 32.2 Å². The summed E-state index contributed by atoms with van der Waals surface area (Å²) in [5.41, 5.74) is 2.84. The summed E-state index contributed by atoms with van der Waals surface area (Å²) in [4.78, 5) is 41.5. The Bertz CT molecular complexity index is 1260. The topological polar surface area (TPSA) is 114 Å². The van der Waals surface area contributed by atoms with Crippen molar-refractivity contribution in [3.63, 3.8) is 0 Å². The minimum Gasteiger partial charge on any atom is -0.492 e. The van der Waals surface area contributed by atoms with Gasteiger partial charge in [0, 0.05) is 50.9 Å². The van der Waals surface area contributed by atoms with E-state index >= 15 is 0 Å². The summed E-state index contributed by atoms with van der Waals surface area (Å²) in [7, 11) is 4.89. The van der Waals surface area contributed by atoms with Crippen molar-refractivity contribution < 1.29 is 19.1 Å². The third-order valence-corrected chi connectivity index (χ3v) is 6.04. The van der Waals surface area contributed by atoms with Gasteiger partial charge in [0.25, 0.3) is 11.8 Å². The lowest BCUT2D eigenvalue weighted by molar-refractivity contribution is -0.121. The van der Waals surface area contributed by atoms with E-state index in [0.717, 1.165) is 17.5 Å². The highest BCUT2D eigenvalue weighted by Crippen LogP contribution is 2.26. The van der Waals surface area contributed by atoms with Crippen LogP contribution in [-0.2, 0) is 18.3 Å². The first-order chi connectivity index (χ1) is 17.7.